The van der Waals surface area contributed by atoms with Crippen molar-refractivity contribution in [1.29, 1.82) is 0 Å². The summed E-state index contributed by atoms with van der Waals surface area (Å²) in [5, 5.41) is 7.44. The van der Waals surface area contributed by atoms with Crippen LogP contribution >= 0.6 is 19.2 Å². The zero-order chi connectivity index (χ0) is 15.5. The van der Waals surface area contributed by atoms with Gasteiger partial charge in [-0.3, -0.25) is 4.57 Å². The summed E-state index contributed by atoms with van der Waals surface area (Å²) in [6.45, 7) is 1.77. The first-order chi connectivity index (χ1) is 9.98. The van der Waals surface area contributed by atoms with Crippen molar-refractivity contribution in [1.82, 2.24) is 5.16 Å². The van der Waals surface area contributed by atoms with E-state index in [1.807, 2.05) is 0 Å². The van der Waals surface area contributed by atoms with Crippen LogP contribution in [0, 0.1) is 6.92 Å². The maximum atomic E-state index is 12.7. The molecule has 8 heteroatoms. The summed E-state index contributed by atoms with van der Waals surface area (Å²) < 4.78 is 27.9. The average molecular weight is 331 g/mol. The highest BCUT2D eigenvalue weighted by atomic mass is 35.5. The van der Waals surface area contributed by atoms with Crippen molar-refractivity contribution >= 4 is 25.0 Å². The number of hydrogen-bond acceptors (Lipinski definition) is 6. The highest BCUT2D eigenvalue weighted by Gasteiger charge is 2.36. The van der Waals surface area contributed by atoms with Crippen LogP contribution in [0.3, 0.4) is 0 Å². The van der Waals surface area contributed by atoms with E-state index in [4.69, 9.17) is 25.2 Å². The van der Waals surface area contributed by atoms with Gasteiger partial charge in [-0.2, -0.15) is 0 Å². The molecule has 1 N–H and O–H groups in total. The van der Waals surface area contributed by atoms with Gasteiger partial charge in [0.05, 0.1) is 0 Å². The quantitative estimate of drug-likeness (QED) is 0.799. The number of benzene rings is 1. The first kappa shape index (κ1) is 16.0. The van der Waals surface area contributed by atoms with Crippen LogP contribution in [-0.2, 0) is 13.6 Å². The highest BCUT2D eigenvalue weighted by molar-refractivity contribution is 7.54. The SMILES string of the molecule is COP(=O)(OC)C(Nc1cc(C)on1)c1ccc(Cl)cc1. The van der Waals surface area contributed by atoms with Crippen molar-refractivity contribution in [3.63, 3.8) is 0 Å². The molecule has 1 aromatic carbocycles. The molecule has 0 amide bonds. The second-order valence-corrected chi connectivity index (χ2v) is 7.09. The van der Waals surface area contributed by atoms with Crippen LogP contribution in [0.4, 0.5) is 5.82 Å². The predicted molar refractivity (Wildman–Crippen MR) is 80.7 cm³/mol. The van der Waals surface area contributed by atoms with Crippen LogP contribution in [0.5, 0.6) is 0 Å². The molecule has 2 aromatic rings. The number of nitrogens with zero attached hydrogens (tertiary/aromatic N) is 1. The number of nitrogens with one attached hydrogen (secondary N) is 1. The van der Waals surface area contributed by atoms with Crippen LogP contribution in [-0.4, -0.2) is 19.4 Å². The highest BCUT2D eigenvalue weighted by Crippen LogP contribution is 2.59. The Labute approximate surface area is 127 Å². The standard InChI is InChI=1S/C13H16ClN2O4P/c1-9-8-12(16-20-9)15-13(21(17,18-2)19-3)10-4-6-11(14)7-5-10/h4-8,13H,1-3H3,(H,15,16). The summed E-state index contributed by atoms with van der Waals surface area (Å²) in [7, 11) is -0.748. The molecule has 1 heterocycles. The second kappa shape index (κ2) is 6.62. The molecule has 0 spiro atoms. The molecule has 1 aromatic heterocycles. The van der Waals surface area contributed by atoms with Gasteiger partial charge in [0.15, 0.2) is 11.6 Å². The van der Waals surface area contributed by atoms with Crippen molar-refractivity contribution in [2.45, 2.75) is 12.7 Å². The van der Waals surface area contributed by atoms with Crippen LogP contribution in [0.25, 0.3) is 0 Å². The molecule has 0 aliphatic rings. The minimum absolute atomic E-state index is 0.446. The fourth-order valence-electron chi connectivity index (χ4n) is 1.85. The Morgan fingerprint density at radius 3 is 2.38 bits per heavy atom. The van der Waals surface area contributed by atoms with Crippen LogP contribution in [0.2, 0.25) is 5.02 Å². The first-order valence-corrected chi connectivity index (χ1v) is 8.14. The van der Waals surface area contributed by atoms with E-state index in [2.05, 4.69) is 10.5 Å². The van der Waals surface area contributed by atoms with E-state index < -0.39 is 13.4 Å². The normalized spacial score (nSPS) is 13.1. The molecule has 2 rings (SSSR count). The van der Waals surface area contributed by atoms with Gasteiger partial charge in [-0.25, -0.2) is 0 Å². The Balaban J connectivity index is 2.38. The minimum atomic E-state index is -3.42. The largest absolute Gasteiger partial charge is 0.360 e. The van der Waals surface area contributed by atoms with Crippen LogP contribution in [0.1, 0.15) is 17.1 Å². The summed E-state index contributed by atoms with van der Waals surface area (Å²) in [5.41, 5.74) is 0.701. The Kier molecular flexibility index (Phi) is 5.06. The van der Waals surface area contributed by atoms with Crippen LogP contribution in [0.15, 0.2) is 34.9 Å². The van der Waals surface area contributed by atoms with E-state index in [-0.39, 0.29) is 0 Å². The molecule has 0 bridgehead atoms. The van der Waals surface area contributed by atoms with Gasteiger partial charge in [0.25, 0.3) is 0 Å². The van der Waals surface area contributed by atoms with E-state index in [9.17, 15) is 4.57 Å². The maximum Gasteiger partial charge on any atom is 0.356 e. The summed E-state index contributed by atoms with van der Waals surface area (Å²) >= 11 is 5.88. The lowest BCUT2D eigenvalue weighted by atomic mass is 10.2. The Hall–Kier alpha value is -1.33. The Bertz CT molecular complexity index is 636. The average Bonchev–Trinajstić information content (AvgIpc) is 2.90. The molecule has 0 fully saturated rings. The van der Waals surface area contributed by atoms with Gasteiger partial charge >= 0.3 is 7.60 Å². The molecular formula is C13H16ClN2O4P. The summed E-state index contributed by atoms with van der Waals surface area (Å²) in [6, 6.07) is 8.60. The number of anilines is 1. The molecule has 0 aliphatic carbocycles. The lowest BCUT2D eigenvalue weighted by Crippen LogP contribution is -2.13. The van der Waals surface area contributed by atoms with Crippen molar-refractivity contribution < 1.29 is 18.1 Å². The van der Waals surface area contributed by atoms with Gasteiger partial charge in [-0.15, -0.1) is 0 Å². The van der Waals surface area contributed by atoms with Gasteiger partial charge in [0.1, 0.15) is 5.76 Å². The van der Waals surface area contributed by atoms with Gasteiger partial charge in [-0.05, 0) is 24.6 Å². The third-order valence-corrected chi connectivity index (χ3v) is 5.25. The molecule has 0 saturated carbocycles. The lowest BCUT2D eigenvalue weighted by molar-refractivity contribution is 0.268. The third kappa shape index (κ3) is 3.66. The van der Waals surface area contributed by atoms with Crippen LogP contribution < -0.4 is 5.32 Å². The fourth-order valence-corrected chi connectivity index (χ4v) is 3.37. The van der Waals surface area contributed by atoms with E-state index >= 15 is 0 Å². The molecule has 0 aliphatic heterocycles. The van der Waals surface area contributed by atoms with Gasteiger partial charge in [0, 0.05) is 25.3 Å². The van der Waals surface area contributed by atoms with Crippen molar-refractivity contribution in [2.24, 2.45) is 0 Å². The number of halogens is 1. The van der Waals surface area contributed by atoms with E-state index in [0.717, 1.165) is 0 Å². The fraction of sp³-hybridized carbons (Fsp3) is 0.308. The number of aromatic nitrogens is 1. The molecule has 0 radical (unpaired) electrons. The smallest absolute Gasteiger partial charge is 0.356 e. The van der Waals surface area contributed by atoms with Crippen molar-refractivity contribution in [2.75, 3.05) is 19.5 Å². The zero-order valence-corrected chi connectivity index (χ0v) is 13.5. The van der Waals surface area contributed by atoms with Gasteiger partial charge < -0.3 is 18.9 Å². The molecule has 114 valence electrons. The molecule has 0 saturated heterocycles. The lowest BCUT2D eigenvalue weighted by Gasteiger charge is -2.25. The van der Waals surface area contributed by atoms with Crippen molar-refractivity contribution in [3.8, 4) is 0 Å². The number of hydrogen-bond donors (Lipinski definition) is 1. The summed E-state index contributed by atoms with van der Waals surface area (Å²) in [4.78, 5) is 0. The topological polar surface area (TPSA) is 73.6 Å². The summed E-state index contributed by atoms with van der Waals surface area (Å²) in [6.07, 6.45) is 0. The third-order valence-electron chi connectivity index (χ3n) is 2.92. The Morgan fingerprint density at radius 2 is 1.90 bits per heavy atom. The minimum Gasteiger partial charge on any atom is -0.360 e. The van der Waals surface area contributed by atoms with Crippen molar-refractivity contribution in [3.05, 3.63) is 46.7 Å². The monoisotopic (exact) mass is 330 g/mol. The predicted octanol–water partition coefficient (Wildman–Crippen LogP) is 4.23. The maximum absolute atomic E-state index is 12.7. The van der Waals surface area contributed by atoms with Gasteiger partial charge in [0.2, 0.25) is 0 Å². The first-order valence-electron chi connectivity index (χ1n) is 6.15. The van der Waals surface area contributed by atoms with E-state index in [0.29, 0.717) is 22.2 Å². The molecular weight excluding hydrogens is 315 g/mol. The van der Waals surface area contributed by atoms with E-state index in [1.165, 1.54) is 14.2 Å². The molecule has 1 unspecified atom stereocenters. The number of rotatable bonds is 6. The molecule has 21 heavy (non-hydrogen) atoms. The number of aryl methyl sites for hydroxylation is 1. The summed E-state index contributed by atoms with van der Waals surface area (Å²) in [5.74, 6) is 0.355. The zero-order valence-electron chi connectivity index (χ0n) is 11.9. The Morgan fingerprint density at radius 1 is 1.29 bits per heavy atom. The molecule has 6 nitrogen and oxygen atoms in total. The second-order valence-electron chi connectivity index (χ2n) is 4.33. The van der Waals surface area contributed by atoms with Gasteiger partial charge in [-0.1, -0.05) is 28.9 Å². The van der Waals surface area contributed by atoms with E-state index in [1.54, 1.807) is 37.3 Å². The molecule has 1 atom stereocenters.